The van der Waals surface area contributed by atoms with Gasteiger partial charge in [0.1, 0.15) is 5.78 Å². The first-order chi connectivity index (χ1) is 4.77. The second-order valence-electron chi connectivity index (χ2n) is 2.22. The number of halogens is 1. The molecule has 0 aliphatic heterocycles. The minimum Gasteiger partial charge on any atom is -0.300 e. The SMILES string of the molecule is CC(=O)CCC/C=C/CCl. The Morgan fingerprint density at radius 2 is 2.20 bits per heavy atom. The van der Waals surface area contributed by atoms with Crippen molar-refractivity contribution in [3.05, 3.63) is 12.2 Å². The van der Waals surface area contributed by atoms with E-state index in [1.54, 1.807) is 6.92 Å². The lowest BCUT2D eigenvalue weighted by Gasteiger charge is -1.89. The number of alkyl halides is 1. The zero-order valence-electron chi connectivity index (χ0n) is 6.27. The van der Waals surface area contributed by atoms with Crippen LogP contribution in [0.15, 0.2) is 12.2 Å². The van der Waals surface area contributed by atoms with Gasteiger partial charge in [0.05, 0.1) is 0 Å². The predicted octanol–water partition coefficient (Wildman–Crippen LogP) is 2.54. The second-order valence-corrected chi connectivity index (χ2v) is 2.53. The first kappa shape index (κ1) is 9.70. The smallest absolute Gasteiger partial charge is 0.129 e. The first-order valence-corrected chi connectivity index (χ1v) is 4.01. The Morgan fingerprint density at radius 3 is 2.70 bits per heavy atom. The van der Waals surface area contributed by atoms with Crippen molar-refractivity contribution in [3.63, 3.8) is 0 Å². The molecule has 0 heterocycles. The van der Waals surface area contributed by atoms with Crippen LogP contribution in [0.2, 0.25) is 0 Å². The molecule has 0 fully saturated rings. The lowest BCUT2D eigenvalue weighted by molar-refractivity contribution is -0.117. The van der Waals surface area contributed by atoms with Crippen LogP contribution in [0, 0.1) is 0 Å². The fraction of sp³-hybridized carbons (Fsp3) is 0.625. The fourth-order valence-electron chi connectivity index (χ4n) is 0.650. The highest BCUT2D eigenvalue weighted by Crippen LogP contribution is 1.97. The molecule has 0 rings (SSSR count). The van der Waals surface area contributed by atoms with Crippen molar-refractivity contribution in [1.29, 1.82) is 0 Å². The third kappa shape index (κ3) is 7.70. The number of hydrogen-bond donors (Lipinski definition) is 0. The maximum absolute atomic E-state index is 10.4. The van der Waals surface area contributed by atoms with E-state index in [1.807, 2.05) is 12.2 Å². The molecular weight excluding hydrogens is 148 g/mol. The van der Waals surface area contributed by atoms with Gasteiger partial charge in [-0.15, -0.1) is 11.6 Å². The van der Waals surface area contributed by atoms with E-state index in [2.05, 4.69) is 0 Å². The Labute approximate surface area is 67.1 Å². The summed E-state index contributed by atoms with van der Waals surface area (Å²) in [6.45, 7) is 1.62. The molecule has 0 N–H and O–H groups in total. The van der Waals surface area contributed by atoms with Crippen LogP contribution in [0.4, 0.5) is 0 Å². The molecule has 0 radical (unpaired) electrons. The average molecular weight is 161 g/mol. The molecule has 0 aliphatic rings. The Morgan fingerprint density at radius 1 is 1.50 bits per heavy atom. The standard InChI is InChI=1S/C8H13ClO/c1-8(10)6-4-2-3-5-7-9/h3,5H,2,4,6-7H2,1H3/b5-3+. The Balaban J connectivity index is 3.05. The van der Waals surface area contributed by atoms with Crippen molar-refractivity contribution in [2.24, 2.45) is 0 Å². The van der Waals surface area contributed by atoms with E-state index in [-0.39, 0.29) is 5.78 Å². The molecule has 1 nitrogen and oxygen atoms in total. The topological polar surface area (TPSA) is 17.1 Å². The first-order valence-electron chi connectivity index (χ1n) is 3.47. The van der Waals surface area contributed by atoms with Crippen molar-refractivity contribution >= 4 is 17.4 Å². The summed E-state index contributed by atoms with van der Waals surface area (Å²) in [5.41, 5.74) is 0. The second kappa shape index (κ2) is 6.81. The summed E-state index contributed by atoms with van der Waals surface area (Å²) >= 11 is 5.39. The maximum Gasteiger partial charge on any atom is 0.129 e. The molecule has 0 aromatic rings. The largest absolute Gasteiger partial charge is 0.300 e. The number of carbonyl (C=O) groups excluding carboxylic acids is 1. The summed E-state index contributed by atoms with van der Waals surface area (Å²) in [6, 6.07) is 0. The number of hydrogen-bond acceptors (Lipinski definition) is 1. The zero-order chi connectivity index (χ0) is 7.82. The van der Waals surface area contributed by atoms with Gasteiger partial charge in [0, 0.05) is 12.3 Å². The van der Waals surface area contributed by atoms with Gasteiger partial charge >= 0.3 is 0 Å². The summed E-state index contributed by atoms with van der Waals surface area (Å²) in [6.07, 6.45) is 6.51. The molecule has 0 unspecified atom stereocenters. The van der Waals surface area contributed by atoms with Gasteiger partial charge in [0.2, 0.25) is 0 Å². The molecule has 0 saturated heterocycles. The fourth-order valence-corrected chi connectivity index (χ4v) is 0.776. The van der Waals surface area contributed by atoms with Crippen LogP contribution in [0.5, 0.6) is 0 Å². The van der Waals surface area contributed by atoms with Crippen LogP contribution in [-0.4, -0.2) is 11.7 Å². The van der Waals surface area contributed by atoms with Gasteiger partial charge in [0.25, 0.3) is 0 Å². The minimum absolute atomic E-state index is 0.263. The summed E-state index contributed by atoms with van der Waals surface area (Å²) in [7, 11) is 0. The van der Waals surface area contributed by atoms with E-state index in [9.17, 15) is 4.79 Å². The molecule has 10 heavy (non-hydrogen) atoms. The van der Waals surface area contributed by atoms with E-state index < -0.39 is 0 Å². The zero-order valence-corrected chi connectivity index (χ0v) is 7.03. The van der Waals surface area contributed by atoms with Crippen molar-refractivity contribution < 1.29 is 4.79 Å². The predicted molar refractivity (Wildman–Crippen MR) is 44.4 cm³/mol. The molecule has 0 saturated carbocycles. The van der Waals surface area contributed by atoms with Crippen LogP contribution in [-0.2, 0) is 4.79 Å². The molecule has 0 aromatic heterocycles. The van der Waals surface area contributed by atoms with Gasteiger partial charge in [-0.1, -0.05) is 12.2 Å². The van der Waals surface area contributed by atoms with E-state index in [0.29, 0.717) is 12.3 Å². The van der Waals surface area contributed by atoms with Crippen LogP contribution >= 0.6 is 11.6 Å². The third-order valence-corrected chi connectivity index (χ3v) is 1.33. The van der Waals surface area contributed by atoms with E-state index >= 15 is 0 Å². The molecule has 2 heteroatoms. The van der Waals surface area contributed by atoms with E-state index in [1.165, 1.54) is 0 Å². The third-order valence-electron chi connectivity index (χ3n) is 1.16. The van der Waals surface area contributed by atoms with Crippen molar-refractivity contribution in [2.45, 2.75) is 26.2 Å². The summed E-state index contributed by atoms with van der Waals surface area (Å²) in [5, 5.41) is 0. The Kier molecular flexibility index (Phi) is 6.61. The molecule has 0 aromatic carbocycles. The minimum atomic E-state index is 0.263. The van der Waals surface area contributed by atoms with Crippen LogP contribution in [0.3, 0.4) is 0 Å². The van der Waals surface area contributed by atoms with Crippen LogP contribution in [0.25, 0.3) is 0 Å². The summed E-state index contributed by atoms with van der Waals surface area (Å²) < 4.78 is 0. The molecule has 0 spiro atoms. The number of allylic oxidation sites excluding steroid dienone is 2. The lowest BCUT2D eigenvalue weighted by Crippen LogP contribution is -1.87. The van der Waals surface area contributed by atoms with Crippen molar-refractivity contribution in [3.8, 4) is 0 Å². The van der Waals surface area contributed by atoms with Gasteiger partial charge < -0.3 is 4.79 Å². The number of Topliss-reactive ketones (excluding diaryl/α,β-unsaturated/α-hetero) is 1. The van der Waals surface area contributed by atoms with E-state index in [0.717, 1.165) is 12.8 Å². The van der Waals surface area contributed by atoms with Gasteiger partial charge in [0.15, 0.2) is 0 Å². The number of ketones is 1. The monoisotopic (exact) mass is 160 g/mol. The van der Waals surface area contributed by atoms with Crippen LogP contribution < -0.4 is 0 Å². The summed E-state index contributed by atoms with van der Waals surface area (Å²) in [4.78, 5) is 10.4. The molecule has 0 atom stereocenters. The highest BCUT2D eigenvalue weighted by molar-refractivity contribution is 6.18. The van der Waals surface area contributed by atoms with Crippen LogP contribution in [0.1, 0.15) is 26.2 Å². The molecule has 0 bridgehead atoms. The Hall–Kier alpha value is -0.300. The highest BCUT2D eigenvalue weighted by atomic mass is 35.5. The Bertz CT molecular complexity index is 118. The van der Waals surface area contributed by atoms with Gasteiger partial charge in [-0.3, -0.25) is 0 Å². The lowest BCUT2D eigenvalue weighted by atomic mass is 10.2. The molecule has 0 aliphatic carbocycles. The normalized spacial score (nSPS) is 10.6. The number of carbonyl (C=O) groups is 1. The summed E-state index contributed by atoms with van der Waals surface area (Å²) in [5.74, 6) is 0.833. The molecular formula is C8H13ClO. The van der Waals surface area contributed by atoms with Gasteiger partial charge in [-0.2, -0.15) is 0 Å². The van der Waals surface area contributed by atoms with Crippen molar-refractivity contribution in [2.75, 3.05) is 5.88 Å². The quantitative estimate of drug-likeness (QED) is 0.343. The van der Waals surface area contributed by atoms with Gasteiger partial charge in [-0.25, -0.2) is 0 Å². The van der Waals surface area contributed by atoms with Gasteiger partial charge in [-0.05, 0) is 19.8 Å². The molecule has 58 valence electrons. The van der Waals surface area contributed by atoms with E-state index in [4.69, 9.17) is 11.6 Å². The van der Waals surface area contributed by atoms with Crippen molar-refractivity contribution in [1.82, 2.24) is 0 Å². The highest BCUT2D eigenvalue weighted by Gasteiger charge is 1.89. The average Bonchev–Trinajstić information content (AvgIpc) is 1.87. The maximum atomic E-state index is 10.4. The molecule has 0 amide bonds. The number of rotatable bonds is 5. The number of unbranched alkanes of at least 4 members (excludes halogenated alkanes) is 1.